The van der Waals surface area contributed by atoms with E-state index < -0.39 is 0 Å². The second-order valence-electron chi connectivity index (χ2n) is 2.76. The van der Waals surface area contributed by atoms with Crippen molar-refractivity contribution in [2.45, 2.75) is 13.0 Å². The second-order valence-corrected chi connectivity index (χ2v) is 3.68. The maximum atomic E-state index is 5.85. The van der Waals surface area contributed by atoms with Gasteiger partial charge >= 0.3 is 0 Å². The minimum absolute atomic E-state index is 0.116. The Morgan fingerprint density at radius 2 is 2.33 bits per heavy atom. The molecule has 1 rings (SSSR count). The highest BCUT2D eigenvalue weighted by molar-refractivity contribution is 9.10. The Balaban J connectivity index is 2.95. The first-order valence-electron chi connectivity index (χ1n) is 3.62. The summed E-state index contributed by atoms with van der Waals surface area (Å²) in [6, 6.07) is 1.83. The Hall–Kier alpha value is -0.670. The van der Waals surface area contributed by atoms with Crippen LogP contribution in [0.4, 0.5) is 0 Å². The molecule has 0 radical (unpaired) electrons. The second kappa shape index (κ2) is 3.83. The van der Waals surface area contributed by atoms with E-state index >= 15 is 0 Å². The molecule has 64 valence electrons. The van der Waals surface area contributed by atoms with Crippen molar-refractivity contribution in [3.63, 3.8) is 0 Å². The van der Waals surface area contributed by atoms with Crippen LogP contribution in [0.2, 0.25) is 0 Å². The van der Waals surface area contributed by atoms with Gasteiger partial charge in [-0.25, -0.2) is 0 Å². The van der Waals surface area contributed by atoms with E-state index in [2.05, 4.69) is 27.5 Å². The fourth-order valence-corrected chi connectivity index (χ4v) is 1.27. The summed E-state index contributed by atoms with van der Waals surface area (Å²) in [6.45, 7) is 5.70. The van der Waals surface area contributed by atoms with Crippen molar-refractivity contribution >= 4 is 15.9 Å². The molecule has 0 aliphatic carbocycles. The summed E-state index contributed by atoms with van der Waals surface area (Å²) in [6.07, 6.45) is 3.48. The zero-order valence-corrected chi connectivity index (χ0v) is 8.51. The van der Waals surface area contributed by atoms with Crippen LogP contribution in [0.3, 0.4) is 0 Å². The lowest BCUT2D eigenvalue weighted by atomic mass is 10.0. The normalized spacial score (nSPS) is 12.6. The van der Waals surface area contributed by atoms with Gasteiger partial charge in [-0.2, -0.15) is 0 Å². The molecule has 1 atom stereocenters. The van der Waals surface area contributed by atoms with Gasteiger partial charge in [-0.1, -0.05) is 12.2 Å². The van der Waals surface area contributed by atoms with E-state index in [1.807, 2.05) is 13.0 Å². The summed E-state index contributed by atoms with van der Waals surface area (Å²) in [5.74, 6) is 0. The molecule has 0 fully saturated rings. The molecule has 2 nitrogen and oxygen atoms in total. The molecule has 0 amide bonds. The van der Waals surface area contributed by atoms with E-state index in [-0.39, 0.29) is 6.04 Å². The molecule has 0 bridgehead atoms. The van der Waals surface area contributed by atoms with Gasteiger partial charge in [-0.05, 0) is 34.5 Å². The number of hydrogen-bond donors (Lipinski definition) is 1. The third-order valence-electron chi connectivity index (χ3n) is 1.62. The quantitative estimate of drug-likeness (QED) is 0.788. The molecular weight excluding hydrogens is 216 g/mol. The van der Waals surface area contributed by atoms with Gasteiger partial charge in [-0.15, -0.1) is 0 Å². The molecule has 1 heterocycles. The van der Waals surface area contributed by atoms with Crippen LogP contribution < -0.4 is 5.73 Å². The van der Waals surface area contributed by atoms with Crippen LogP contribution in [0.5, 0.6) is 0 Å². The smallest absolute Gasteiger partial charge is 0.0521 e. The maximum Gasteiger partial charge on any atom is 0.0521 e. The van der Waals surface area contributed by atoms with Crippen LogP contribution in [0.25, 0.3) is 0 Å². The number of rotatable bonds is 2. The van der Waals surface area contributed by atoms with E-state index in [9.17, 15) is 0 Å². The van der Waals surface area contributed by atoms with E-state index in [4.69, 9.17) is 5.73 Å². The number of hydrogen-bond acceptors (Lipinski definition) is 2. The molecule has 2 N–H and O–H groups in total. The van der Waals surface area contributed by atoms with E-state index in [1.165, 1.54) is 0 Å². The molecule has 1 aromatic heterocycles. The lowest BCUT2D eigenvalue weighted by Crippen LogP contribution is -2.10. The topological polar surface area (TPSA) is 38.9 Å². The minimum Gasteiger partial charge on any atom is -0.321 e. The lowest BCUT2D eigenvalue weighted by molar-refractivity contribution is 0.842. The number of aromatic nitrogens is 1. The van der Waals surface area contributed by atoms with Gasteiger partial charge < -0.3 is 5.73 Å². The van der Waals surface area contributed by atoms with E-state index in [0.29, 0.717) is 0 Å². The lowest BCUT2D eigenvalue weighted by Gasteiger charge is -2.10. The molecule has 0 aliphatic heterocycles. The van der Waals surface area contributed by atoms with Crippen LogP contribution in [0, 0.1) is 0 Å². The standard InChI is InChI=1S/C9H11BrN2/c1-6(2)9(11)7-3-8(10)5-12-4-7/h3-5,9H,1,11H2,2H3. The minimum atomic E-state index is -0.116. The Kier molecular flexibility index (Phi) is 3.00. The fourth-order valence-electron chi connectivity index (χ4n) is 0.883. The average Bonchev–Trinajstić information content (AvgIpc) is 2.03. The molecule has 0 saturated heterocycles. The first-order chi connectivity index (χ1) is 5.61. The molecule has 0 aliphatic rings. The van der Waals surface area contributed by atoms with Crippen LogP contribution in [-0.2, 0) is 0 Å². The first kappa shape index (κ1) is 9.42. The highest BCUT2D eigenvalue weighted by Crippen LogP contribution is 2.19. The van der Waals surface area contributed by atoms with Crippen molar-refractivity contribution in [3.05, 3.63) is 40.6 Å². The van der Waals surface area contributed by atoms with Crippen LogP contribution >= 0.6 is 15.9 Å². The molecule has 1 unspecified atom stereocenters. The summed E-state index contributed by atoms with van der Waals surface area (Å²) in [5.41, 5.74) is 7.77. The van der Waals surface area contributed by atoms with Gasteiger partial charge in [-0.3, -0.25) is 4.98 Å². The van der Waals surface area contributed by atoms with Gasteiger partial charge in [0.25, 0.3) is 0 Å². The maximum absolute atomic E-state index is 5.85. The van der Waals surface area contributed by atoms with Crippen LogP contribution in [0.1, 0.15) is 18.5 Å². The van der Waals surface area contributed by atoms with Gasteiger partial charge in [0, 0.05) is 16.9 Å². The Labute approximate surface area is 80.6 Å². The Morgan fingerprint density at radius 3 is 2.83 bits per heavy atom. The summed E-state index contributed by atoms with van der Waals surface area (Å²) < 4.78 is 0.941. The largest absolute Gasteiger partial charge is 0.321 e. The summed E-state index contributed by atoms with van der Waals surface area (Å²) >= 11 is 3.33. The first-order valence-corrected chi connectivity index (χ1v) is 4.42. The zero-order chi connectivity index (χ0) is 9.14. The van der Waals surface area contributed by atoms with Crippen molar-refractivity contribution in [1.29, 1.82) is 0 Å². The summed E-state index contributed by atoms with van der Waals surface area (Å²) in [7, 11) is 0. The predicted molar refractivity (Wildman–Crippen MR) is 53.7 cm³/mol. The Bertz CT molecular complexity index is 296. The fraction of sp³-hybridized carbons (Fsp3) is 0.222. The van der Waals surface area contributed by atoms with Crippen molar-refractivity contribution in [3.8, 4) is 0 Å². The number of nitrogens with zero attached hydrogens (tertiary/aromatic N) is 1. The molecule has 0 aromatic carbocycles. The van der Waals surface area contributed by atoms with Crippen molar-refractivity contribution < 1.29 is 0 Å². The SMILES string of the molecule is C=C(C)C(N)c1cncc(Br)c1. The van der Waals surface area contributed by atoms with E-state index in [1.54, 1.807) is 12.4 Å². The van der Waals surface area contributed by atoms with Crippen molar-refractivity contribution in [1.82, 2.24) is 4.98 Å². The highest BCUT2D eigenvalue weighted by atomic mass is 79.9. The summed E-state index contributed by atoms with van der Waals surface area (Å²) in [5, 5.41) is 0. The molecular formula is C9H11BrN2. The van der Waals surface area contributed by atoms with Gasteiger partial charge in [0.15, 0.2) is 0 Å². The Morgan fingerprint density at radius 1 is 1.67 bits per heavy atom. The van der Waals surface area contributed by atoms with Gasteiger partial charge in [0.2, 0.25) is 0 Å². The van der Waals surface area contributed by atoms with Crippen LogP contribution in [0.15, 0.2) is 35.1 Å². The number of pyridine rings is 1. The predicted octanol–water partition coefficient (Wildman–Crippen LogP) is 2.42. The monoisotopic (exact) mass is 226 g/mol. The van der Waals surface area contributed by atoms with Gasteiger partial charge in [0.05, 0.1) is 6.04 Å². The highest BCUT2D eigenvalue weighted by Gasteiger charge is 2.06. The van der Waals surface area contributed by atoms with Crippen LogP contribution in [-0.4, -0.2) is 4.98 Å². The third-order valence-corrected chi connectivity index (χ3v) is 2.05. The number of halogens is 1. The zero-order valence-electron chi connectivity index (χ0n) is 6.92. The molecule has 0 spiro atoms. The third kappa shape index (κ3) is 2.16. The van der Waals surface area contributed by atoms with Gasteiger partial charge in [0.1, 0.15) is 0 Å². The molecule has 0 saturated carbocycles. The molecule has 12 heavy (non-hydrogen) atoms. The van der Waals surface area contributed by atoms with Crippen molar-refractivity contribution in [2.24, 2.45) is 5.73 Å². The summed E-state index contributed by atoms with van der Waals surface area (Å²) in [4.78, 5) is 4.02. The molecule has 3 heteroatoms. The number of nitrogens with two attached hydrogens (primary N) is 1. The average molecular weight is 227 g/mol. The molecule has 1 aromatic rings. The van der Waals surface area contributed by atoms with E-state index in [0.717, 1.165) is 15.6 Å². The van der Waals surface area contributed by atoms with Crippen molar-refractivity contribution in [2.75, 3.05) is 0 Å².